The van der Waals surface area contributed by atoms with Crippen molar-refractivity contribution in [2.75, 3.05) is 6.54 Å². The average molecular weight is 387 g/mol. The van der Waals surface area contributed by atoms with Crippen molar-refractivity contribution in [2.45, 2.75) is 84.2 Å². The number of carboxylic acids is 1. The molecule has 0 aliphatic carbocycles. The maximum Gasteiger partial charge on any atom is 0.417 e. The fourth-order valence-electron chi connectivity index (χ4n) is 2.65. The summed E-state index contributed by atoms with van der Waals surface area (Å²) in [6.07, 6.45) is -1.03. The summed E-state index contributed by atoms with van der Waals surface area (Å²) in [5, 5.41) is 8.69. The summed E-state index contributed by atoms with van der Waals surface area (Å²) >= 11 is 0. The lowest BCUT2D eigenvalue weighted by Gasteiger charge is -2.39. The molecule has 1 fully saturated rings. The van der Waals surface area contributed by atoms with Gasteiger partial charge in [-0.15, -0.1) is 0 Å². The zero-order valence-corrected chi connectivity index (χ0v) is 16.7. The van der Waals surface area contributed by atoms with Crippen molar-refractivity contribution in [3.05, 3.63) is 0 Å². The van der Waals surface area contributed by atoms with Crippen LogP contribution < -0.4 is 0 Å². The first-order valence-corrected chi connectivity index (χ1v) is 8.83. The summed E-state index contributed by atoms with van der Waals surface area (Å²) in [5.74, 6) is -3.55. The highest BCUT2D eigenvalue weighted by molar-refractivity contribution is 6.28. The molecule has 0 spiro atoms. The Kier molecular flexibility index (Phi) is 7.22. The van der Waals surface area contributed by atoms with Gasteiger partial charge < -0.3 is 24.2 Å². The van der Waals surface area contributed by atoms with Crippen LogP contribution in [0.1, 0.15) is 60.8 Å². The highest BCUT2D eigenvalue weighted by atomic mass is 16.6. The molecule has 1 heterocycles. The van der Waals surface area contributed by atoms with Gasteiger partial charge in [0.05, 0.1) is 6.42 Å². The second-order valence-electron chi connectivity index (χ2n) is 8.47. The van der Waals surface area contributed by atoms with Crippen LogP contribution >= 0.6 is 0 Å². The number of likely N-dealkylation sites (tertiary alicyclic amines) is 1. The van der Waals surface area contributed by atoms with E-state index < -0.39 is 47.3 Å². The van der Waals surface area contributed by atoms with Crippen LogP contribution in [0.25, 0.3) is 0 Å². The van der Waals surface area contributed by atoms with Gasteiger partial charge in [-0.2, -0.15) is 0 Å². The summed E-state index contributed by atoms with van der Waals surface area (Å²) in [4.78, 5) is 48.1. The van der Waals surface area contributed by atoms with Crippen LogP contribution in [0.4, 0.5) is 4.79 Å². The third-order valence-electron chi connectivity index (χ3n) is 3.57. The second-order valence-corrected chi connectivity index (χ2v) is 8.47. The van der Waals surface area contributed by atoms with E-state index in [0.717, 1.165) is 0 Å². The van der Waals surface area contributed by atoms with Crippen molar-refractivity contribution in [3.8, 4) is 0 Å². The van der Waals surface area contributed by atoms with E-state index in [1.54, 1.807) is 41.5 Å². The third kappa shape index (κ3) is 8.27. The lowest BCUT2D eigenvalue weighted by Crippen LogP contribution is -2.51. The zero-order chi connectivity index (χ0) is 21.0. The summed E-state index contributed by atoms with van der Waals surface area (Å²) < 4.78 is 15.6. The molecule has 27 heavy (non-hydrogen) atoms. The molecule has 0 aromatic carbocycles. The third-order valence-corrected chi connectivity index (χ3v) is 3.57. The number of carbonyl (C=O) groups is 4. The zero-order valence-electron chi connectivity index (χ0n) is 16.7. The maximum atomic E-state index is 12.5. The largest absolute Gasteiger partial charge is 0.473 e. The van der Waals surface area contributed by atoms with Crippen molar-refractivity contribution in [1.82, 2.24) is 4.90 Å². The molecule has 1 rings (SSSR count). The van der Waals surface area contributed by atoms with E-state index in [9.17, 15) is 19.2 Å². The highest BCUT2D eigenvalue weighted by Crippen LogP contribution is 2.26. The van der Waals surface area contributed by atoms with Gasteiger partial charge in [0, 0.05) is 25.4 Å². The van der Waals surface area contributed by atoms with Gasteiger partial charge in [0.2, 0.25) is 0 Å². The van der Waals surface area contributed by atoms with E-state index in [2.05, 4.69) is 0 Å². The number of rotatable bonds is 3. The molecule has 1 aliphatic heterocycles. The summed E-state index contributed by atoms with van der Waals surface area (Å²) in [5.41, 5.74) is -1.39. The number of hydrogen-bond acceptors (Lipinski definition) is 7. The van der Waals surface area contributed by atoms with Gasteiger partial charge in [-0.05, 0) is 41.5 Å². The van der Waals surface area contributed by atoms with Crippen LogP contribution in [0.15, 0.2) is 0 Å². The van der Waals surface area contributed by atoms with E-state index >= 15 is 0 Å². The van der Waals surface area contributed by atoms with E-state index in [0.29, 0.717) is 0 Å². The van der Waals surface area contributed by atoms with Gasteiger partial charge in [0.1, 0.15) is 17.3 Å². The molecule has 0 aromatic heterocycles. The van der Waals surface area contributed by atoms with Gasteiger partial charge in [-0.1, -0.05) is 0 Å². The Morgan fingerprint density at radius 2 is 1.56 bits per heavy atom. The number of carbonyl (C=O) groups excluding carboxylic acids is 3. The van der Waals surface area contributed by atoms with Gasteiger partial charge in [0.15, 0.2) is 0 Å². The number of carboxylic acid groups (broad SMARTS) is 1. The molecule has 0 unspecified atom stereocenters. The maximum absolute atomic E-state index is 12.5. The molecule has 1 amide bonds. The smallest absolute Gasteiger partial charge is 0.417 e. The number of aliphatic carboxylic acids is 1. The van der Waals surface area contributed by atoms with E-state index in [-0.39, 0.29) is 25.8 Å². The monoisotopic (exact) mass is 387 g/mol. The van der Waals surface area contributed by atoms with Crippen molar-refractivity contribution < 1.29 is 38.5 Å². The van der Waals surface area contributed by atoms with Crippen LogP contribution in [-0.2, 0) is 28.6 Å². The first-order valence-electron chi connectivity index (χ1n) is 8.83. The Morgan fingerprint density at radius 3 is 2.04 bits per heavy atom. The van der Waals surface area contributed by atoms with Crippen LogP contribution in [0.5, 0.6) is 0 Å². The first kappa shape index (κ1) is 22.7. The molecule has 0 bridgehead atoms. The number of ether oxygens (including phenoxy) is 3. The number of amides is 1. The summed E-state index contributed by atoms with van der Waals surface area (Å²) in [6.45, 7) is 10.6. The summed E-state index contributed by atoms with van der Waals surface area (Å²) in [7, 11) is 0. The quantitative estimate of drug-likeness (QED) is 0.444. The number of esters is 2. The van der Waals surface area contributed by atoms with Gasteiger partial charge >= 0.3 is 24.0 Å². The highest BCUT2D eigenvalue weighted by Gasteiger charge is 2.38. The van der Waals surface area contributed by atoms with E-state index in [1.165, 1.54) is 4.90 Å². The van der Waals surface area contributed by atoms with E-state index in [1.807, 2.05) is 0 Å². The van der Waals surface area contributed by atoms with E-state index in [4.69, 9.17) is 19.3 Å². The molecule has 0 aromatic rings. The molecular formula is C18H29NO8. The number of hydrogen-bond donors (Lipinski definition) is 1. The lowest BCUT2D eigenvalue weighted by atomic mass is 9.97. The number of piperidine rings is 1. The Balaban J connectivity index is 2.89. The molecule has 0 saturated carbocycles. The molecule has 2 atom stereocenters. The minimum Gasteiger partial charge on any atom is -0.473 e. The molecule has 9 heteroatoms. The standard InChI is InChI=1S/C18H29NO8/c1-17(2,3)26-13(20)10-11-9-12(25-15(23)14(21)22)7-8-19(11)16(24)27-18(4,5)6/h11-12H,7-10H2,1-6H3,(H,21,22)/t11-,12+/m1/s1. The normalized spacial score (nSPS) is 20.6. The fourth-order valence-corrected chi connectivity index (χ4v) is 2.65. The molecule has 9 nitrogen and oxygen atoms in total. The minimum atomic E-state index is -1.69. The Bertz CT molecular complexity index is 587. The predicted molar refractivity (Wildman–Crippen MR) is 93.9 cm³/mol. The molecule has 1 N–H and O–H groups in total. The molecule has 0 radical (unpaired) electrons. The Hall–Kier alpha value is -2.32. The molecule has 154 valence electrons. The van der Waals surface area contributed by atoms with Gasteiger partial charge in [-0.3, -0.25) is 4.79 Å². The van der Waals surface area contributed by atoms with Crippen molar-refractivity contribution in [3.63, 3.8) is 0 Å². The Labute approximate surface area is 158 Å². The fraction of sp³-hybridized carbons (Fsp3) is 0.778. The molecule has 1 saturated heterocycles. The predicted octanol–water partition coefficient (Wildman–Crippen LogP) is 2.11. The van der Waals surface area contributed by atoms with Crippen molar-refractivity contribution in [2.24, 2.45) is 0 Å². The number of nitrogens with zero attached hydrogens (tertiary/aromatic N) is 1. The van der Waals surface area contributed by atoms with Crippen LogP contribution in [-0.4, -0.2) is 63.9 Å². The average Bonchev–Trinajstić information content (AvgIpc) is 2.43. The lowest BCUT2D eigenvalue weighted by molar-refractivity contribution is -0.170. The molecular weight excluding hydrogens is 358 g/mol. The van der Waals surface area contributed by atoms with Crippen LogP contribution in [0, 0.1) is 0 Å². The first-order chi connectivity index (χ1) is 12.2. The second kappa shape index (κ2) is 8.58. The molecule has 1 aliphatic rings. The van der Waals surface area contributed by atoms with Gasteiger partial charge in [0.25, 0.3) is 0 Å². The van der Waals surface area contributed by atoms with Crippen molar-refractivity contribution >= 4 is 24.0 Å². The minimum absolute atomic E-state index is 0.113. The van der Waals surface area contributed by atoms with Crippen LogP contribution in [0.2, 0.25) is 0 Å². The van der Waals surface area contributed by atoms with Gasteiger partial charge in [-0.25, -0.2) is 14.4 Å². The Morgan fingerprint density at radius 1 is 1.00 bits per heavy atom. The van der Waals surface area contributed by atoms with Crippen molar-refractivity contribution in [1.29, 1.82) is 0 Å². The van der Waals surface area contributed by atoms with Crippen LogP contribution in [0.3, 0.4) is 0 Å². The topological polar surface area (TPSA) is 119 Å². The SMILES string of the molecule is CC(C)(C)OC(=O)C[C@H]1C[C@@H](OC(=O)C(=O)O)CCN1C(=O)OC(C)(C)C. The summed E-state index contributed by atoms with van der Waals surface area (Å²) in [6, 6.07) is -0.630.